The van der Waals surface area contributed by atoms with Crippen LogP contribution in [0.15, 0.2) is 66.9 Å². The fraction of sp³-hybridized carbons (Fsp3) is 0.364. The smallest absolute Gasteiger partial charge is 0.414 e. The Kier molecular flexibility index (Phi) is 7.39. The summed E-state index contributed by atoms with van der Waals surface area (Å²) in [5.74, 6) is 0.379. The highest BCUT2D eigenvalue weighted by molar-refractivity contribution is 6.05. The van der Waals surface area contributed by atoms with Crippen LogP contribution in [0.25, 0.3) is 22.2 Å². The summed E-state index contributed by atoms with van der Waals surface area (Å²) >= 11 is 0. The van der Waals surface area contributed by atoms with Crippen molar-refractivity contribution in [3.63, 3.8) is 0 Å². The molecule has 0 bridgehead atoms. The van der Waals surface area contributed by atoms with Crippen LogP contribution in [0, 0.1) is 5.92 Å². The van der Waals surface area contributed by atoms with Gasteiger partial charge in [0.25, 0.3) is 5.91 Å². The van der Waals surface area contributed by atoms with E-state index in [4.69, 9.17) is 10.5 Å². The predicted octanol–water partition coefficient (Wildman–Crippen LogP) is 6.35. The highest BCUT2D eigenvalue weighted by Gasteiger charge is 2.32. The molecule has 2 aliphatic rings. The van der Waals surface area contributed by atoms with Crippen LogP contribution in [0.3, 0.4) is 0 Å². The van der Waals surface area contributed by atoms with Crippen molar-refractivity contribution in [1.82, 2.24) is 14.9 Å². The molecule has 0 saturated heterocycles. The summed E-state index contributed by atoms with van der Waals surface area (Å²) < 4.78 is 7.95. The highest BCUT2D eigenvalue weighted by Crippen LogP contribution is 2.44. The van der Waals surface area contributed by atoms with E-state index >= 15 is 0 Å². The van der Waals surface area contributed by atoms with Crippen molar-refractivity contribution < 1.29 is 14.3 Å². The molecule has 2 fully saturated rings. The van der Waals surface area contributed by atoms with Crippen molar-refractivity contribution in [2.45, 2.75) is 57.6 Å². The fourth-order valence-electron chi connectivity index (χ4n) is 5.60. The number of amides is 2. The third-order valence-electron chi connectivity index (χ3n) is 8.51. The van der Waals surface area contributed by atoms with Crippen molar-refractivity contribution in [3.05, 3.63) is 78.1 Å². The summed E-state index contributed by atoms with van der Waals surface area (Å²) in [6.07, 6.45) is 7.60. The van der Waals surface area contributed by atoms with Gasteiger partial charge in [-0.3, -0.25) is 14.7 Å². The van der Waals surface area contributed by atoms with Crippen molar-refractivity contribution in [1.29, 1.82) is 0 Å². The molecule has 6 rings (SSSR count). The molecule has 2 aromatic carbocycles. The zero-order valence-electron chi connectivity index (χ0n) is 23.7. The number of ether oxygens (including phenoxy) is 1. The maximum atomic E-state index is 13.1. The van der Waals surface area contributed by atoms with Crippen LogP contribution < -0.4 is 16.0 Å². The summed E-state index contributed by atoms with van der Waals surface area (Å²) in [6, 6.07) is 19.8. The topological polar surface area (TPSA) is 102 Å². The molecule has 0 unspecified atom stereocenters. The SMILES string of the molecule is C[C@@H](OC(=O)N(C)c1ccc(-c2c(N)c3ccc(C(=O)NCCc4ccccn4)cc3n2C2CCC2)cc1)C1CC1. The number of rotatable bonds is 9. The number of fused-ring (bicyclic) bond motifs is 1. The second kappa shape index (κ2) is 11.3. The van der Waals surface area contributed by atoms with Crippen LogP contribution >= 0.6 is 0 Å². The molecule has 0 radical (unpaired) electrons. The standard InChI is InChI=1S/C33H37N5O3/c1-21(22-9-10-22)41-33(40)37(2)26-14-11-23(12-15-26)31-30(34)28-16-13-24(20-29(28)38(31)27-7-5-8-27)32(39)36-19-17-25-6-3-4-18-35-25/h3-4,6,11-16,18,20-22,27H,5,7-10,17,19,34H2,1-2H3,(H,36,39)/t21-/m1/s1. The average molecular weight is 552 g/mol. The number of pyridine rings is 1. The van der Waals surface area contributed by atoms with E-state index in [0.29, 0.717) is 36.2 Å². The molecule has 41 heavy (non-hydrogen) atoms. The lowest BCUT2D eigenvalue weighted by Gasteiger charge is -2.30. The van der Waals surface area contributed by atoms with Gasteiger partial charge in [0, 0.05) is 60.1 Å². The summed E-state index contributed by atoms with van der Waals surface area (Å²) in [6.45, 7) is 2.48. The Balaban J connectivity index is 1.25. The molecule has 0 spiro atoms. The minimum absolute atomic E-state index is 0.0601. The zero-order chi connectivity index (χ0) is 28.5. The van der Waals surface area contributed by atoms with Crippen LogP contribution in [-0.4, -0.2) is 41.2 Å². The number of benzene rings is 2. The van der Waals surface area contributed by atoms with Gasteiger partial charge in [0.05, 0.1) is 16.9 Å². The number of hydrogen-bond donors (Lipinski definition) is 2. The van der Waals surface area contributed by atoms with Gasteiger partial charge < -0.3 is 20.4 Å². The van der Waals surface area contributed by atoms with Crippen molar-refractivity contribution in [2.24, 2.45) is 5.92 Å². The molecule has 8 heteroatoms. The summed E-state index contributed by atoms with van der Waals surface area (Å²) in [5.41, 5.74) is 12.7. The first-order chi connectivity index (χ1) is 19.9. The van der Waals surface area contributed by atoms with E-state index in [9.17, 15) is 9.59 Å². The Bertz CT molecular complexity index is 1560. The number of anilines is 2. The molecule has 2 saturated carbocycles. The average Bonchev–Trinajstić information content (AvgIpc) is 3.78. The molecule has 2 amide bonds. The maximum absolute atomic E-state index is 13.1. The van der Waals surface area contributed by atoms with E-state index in [1.165, 1.54) is 6.42 Å². The predicted molar refractivity (Wildman–Crippen MR) is 162 cm³/mol. The molecule has 2 heterocycles. The monoisotopic (exact) mass is 551 g/mol. The molecule has 2 aliphatic carbocycles. The molecule has 2 aromatic heterocycles. The lowest BCUT2D eigenvalue weighted by Crippen LogP contribution is -2.30. The fourth-order valence-corrected chi connectivity index (χ4v) is 5.60. The van der Waals surface area contributed by atoms with E-state index in [0.717, 1.165) is 59.2 Å². The van der Waals surface area contributed by atoms with Gasteiger partial charge >= 0.3 is 6.09 Å². The third kappa shape index (κ3) is 5.51. The Morgan fingerprint density at radius 2 is 1.88 bits per heavy atom. The maximum Gasteiger partial charge on any atom is 0.414 e. The Morgan fingerprint density at radius 1 is 1.10 bits per heavy atom. The molecule has 4 aromatic rings. The lowest BCUT2D eigenvalue weighted by molar-refractivity contribution is 0.0953. The Labute approximate surface area is 240 Å². The highest BCUT2D eigenvalue weighted by atomic mass is 16.6. The number of carbonyl (C=O) groups excluding carboxylic acids is 2. The van der Waals surface area contributed by atoms with Crippen LogP contribution in [-0.2, 0) is 11.2 Å². The quantitative estimate of drug-likeness (QED) is 0.252. The molecule has 3 N–H and O–H groups in total. The summed E-state index contributed by atoms with van der Waals surface area (Å²) in [7, 11) is 1.74. The first-order valence-corrected chi connectivity index (χ1v) is 14.6. The van der Waals surface area contributed by atoms with Gasteiger partial charge in [0.2, 0.25) is 0 Å². The largest absolute Gasteiger partial charge is 0.446 e. The van der Waals surface area contributed by atoms with Crippen LogP contribution in [0.5, 0.6) is 0 Å². The van der Waals surface area contributed by atoms with Gasteiger partial charge in [-0.15, -0.1) is 0 Å². The number of nitrogens with one attached hydrogen (secondary N) is 1. The molecule has 1 atom stereocenters. The van der Waals surface area contributed by atoms with E-state index in [-0.39, 0.29) is 18.1 Å². The summed E-state index contributed by atoms with van der Waals surface area (Å²) in [4.78, 5) is 31.6. The zero-order valence-corrected chi connectivity index (χ0v) is 23.7. The Morgan fingerprint density at radius 3 is 2.54 bits per heavy atom. The van der Waals surface area contributed by atoms with E-state index < -0.39 is 0 Å². The molecule has 8 nitrogen and oxygen atoms in total. The van der Waals surface area contributed by atoms with E-state index in [1.807, 2.05) is 67.6 Å². The number of hydrogen-bond acceptors (Lipinski definition) is 5. The first kappa shape index (κ1) is 26.9. The van der Waals surface area contributed by atoms with Crippen molar-refractivity contribution in [3.8, 4) is 11.3 Å². The normalized spacial score (nSPS) is 15.8. The second-order valence-electron chi connectivity index (χ2n) is 11.3. The van der Waals surface area contributed by atoms with Gasteiger partial charge in [-0.1, -0.05) is 18.2 Å². The Hall–Kier alpha value is -4.33. The summed E-state index contributed by atoms with van der Waals surface area (Å²) in [5, 5.41) is 3.97. The third-order valence-corrected chi connectivity index (χ3v) is 8.51. The van der Waals surface area contributed by atoms with Crippen LogP contribution in [0.1, 0.15) is 61.1 Å². The lowest BCUT2D eigenvalue weighted by atomic mass is 9.92. The van der Waals surface area contributed by atoms with Crippen molar-refractivity contribution in [2.75, 3.05) is 24.2 Å². The van der Waals surface area contributed by atoms with Gasteiger partial charge in [-0.25, -0.2) is 4.79 Å². The number of carbonyl (C=O) groups is 2. The minimum atomic E-state index is -0.342. The van der Waals surface area contributed by atoms with Crippen LogP contribution in [0.4, 0.5) is 16.2 Å². The van der Waals surface area contributed by atoms with Gasteiger partial charge in [-0.05, 0) is 87.4 Å². The molecule has 0 aliphatic heterocycles. The number of nitrogen functional groups attached to an aromatic ring is 1. The molecule has 212 valence electrons. The molecular formula is C33H37N5O3. The van der Waals surface area contributed by atoms with Gasteiger partial charge in [0.1, 0.15) is 6.10 Å². The number of nitrogens with two attached hydrogens (primary N) is 1. The van der Waals surface area contributed by atoms with Crippen LogP contribution in [0.2, 0.25) is 0 Å². The van der Waals surface area contributed by atoms with Gasteiger partial charge in [0.15, 0.2) is 0 Å². The van der Waals surface area contributed by atoms with E-state index in [2.05, 4.69) is 14.9 Å². The molecular weight excluding hydrogens is 514 g/mol. The van der Waals surface area contributed by atoms with Gasteiger partial charge in [-0.2, -0.15) is 0 Å². The minimum Gasteiger partial charge on any atom is -0.446 e. The number of aromatic nitrogens is 2. The first-order valence-electron chi connectivity index (χ1n) is 14.6. The van der Waals surface area contributed by atoms with E-state index in [1.54, 1.807) is 18.1 Å². The van der Waals surface area contributed by atoms with Crippen molar-refractivity contribution >= 4 is 34.3 Å². The second-order valence-corrected chi connectivity index (χ2v) is 11.3. The number of nitrogens with zero attached hydrogens (tertiary/aromatic N) is 3.